The summed E-state index contributed by atoms with van der Waals surface area (Å²) >= 11 is 0. The van der Waals surface area contributed by atoms with Gasteiger partial charge in [-0.25, -0.2) is 0 Å². The van der Waals surface area contributed by atoms with Gasteiger partial charge >= 0.3 is 17.9 Å². The second-order valence-corrected chi connectivity index (χ2v) is 23.1. The van der Waals surface area contributed by atoms with Gasteiger partial charge in [-0.1, -0.05) is 314 Å². The van der Waals surface area contributed by atoms with Crippen LogP contribution in [0.4, 0.5) is 0 Å². The first-order valence-electron chi connectivity index (χ1n) is 34.0. The molecule has 0 radical (unpaired) electrons. The zero-order valence-electron chi connectivity index (χ0n) is 51.3. The molecule has 0 aliphatic rings. The fourth-order valence-corrected chi connectivity index (χ4v) is 10.2. The van der Waals surface area contributed by atoms with Crippen LogP contribution in [0.3, 0.4) is 0 Å². The number of hydrogen-bond donors (Lipinski definition) is 0. The van der Waals surface area contributed by atoms with Crippen molar-refractivity contribution in [2.45, 2.75) is 380 Å². The molecule has 0 amide bonds. The van der Waals surface area contributed by atoms with E-state index >= 15 is 0 Å². The van der Waals surface area contributed by atoms with Crippen molar-refractivity contribution in [3.05, 3.63) is 36.5 Å². The van der Waals surface area contributed by atoms with Crippen LogP contribution in [0.1, 0.15) is 374 Å². The Kier molecular flexibility index (Phi) is 63.1. The molecule has 6 nitrogen and oxygen atoms in total. The maximum atomic E-state index is 12.9. The van der Waals surface area contributed by atoms with Crippen LogP contribution in [-0.4, -0.2) is 37.2 Å². The third-order valence-electron chi connectivity index (χ3n) is 15.4. The number of unbranched alkanes of at least 4 members (excludes halogenated alkanes) is 46. The predicted octanol–water partition coefficient (Wildman–Crippen LogP) is 23.2. The average Bonchev–Trinajstić information content (AvgIpc) is 3.42. The molecule has 0 fully saturated rings. The summed E-state index contributed by atoms with van der Waals surface area (Å²) in [6.07, 6.45) is 80.3. The molecule has 6 heteroatoms. The van der Waals surface area contributed by atoms with Gasteiger partial charge in [0.15, 0.2) is 6.10 Å². The highest BCUT2D eigenvalue weighted by atomic mass is 16.6. The molecule has 0 rings (SSSR count). The minimum absolute atomic E-state index is 0.0679. The first-order valence-corrected chi connectivity index (χ1v) is 34.0. The average molecular weight is 1070 g/mol. The van der Waals surface area contributed by atoms with Crippen molar-refractivity contribution in [2.75, 3.05) is 13.2 Å². The molecule has 0 aromatic rings. The predicted molar refractivity (Wildman–Crippen MR) is 330 cm³/mol. The Morgan fingerprint density at radius 1 is 0.263 bits per heavy atom. The standard InChI is InChI=1S/C70H130O6/c1-4-7-10-13-16-19-22-24-26-28-30-32-33-34-35-36-37-39-40-42-44-46-48-51-54-57-60-63-69(72)75-66-67(65-74-68(71)62-59-56-53-50-21-18-15-12-9-6-3)76-70(73)64-61-58-55-52-49-47-45-43-41-38-31-29-27-25-23-20-17-14-11-8-5-2/h22,24,28-31,67H,4-21,23,25-27,32-66H2,1-3H3/b24-22-,30-28-,31-29-. The minimum atomic E-state index is -0.770. The summed E-state index contributed by atoms with van der Waals surface area (Å²) < 4.78 is 16.9. The summed E-state index contributed by atoms with van der Waals surface area (Å²) in [7, 11) is 0. The molecule has 0 N–H and O–H groups in total. The molecular formula is C70H130O6. The van der Waals surface area contributed by atoms with Crippen molar-refractivity contribution in [2.24, 2.45) is 0 Å². The fourth-order valence-electron chi connectivity index (χ4n) is 10.2. The van der Waals surface area contributed by atoms with E-state index < -0.39 is 6.10 Å². The largest absolute Gasteiger partial charge is 0.462 e. The van der Waals surface area contributed by atoms with E-state index in [0.29, 0.717) is 19.3 Å². The lowest BCUT2D eigenvalue weighted by Crippen LogP contribution is -2.30. The molecular weight excluding hydrogens is 937 g/mol. The van der Waals surface area contributed by atoms with Crippen LogP contribution in [0.25, 0.3) is 0 Å². The Morgan fingerprint density at radius 2 is 0.474 bits per heavy atom. The van der Waals surface area contributed by atoms with Crippen LogP contribution in [0, 0.1) is 0 Å². The smallest absolute Gasteiger partial charge is 0.306 e. The van der Waals surface area contributed by atoms with Crippen molar-refractivity contribution >= 4 is 17.9 Å². The Bertz CT molecular complexity index is 1270. The SMILES string of the molecule is CCCCCCC/C=C\C/C=C\CCCCCCCCCCCCCCCCCC(=O)OCC(COC(=O)CCCCCCCCCCCC)OC(=O)CCCCCCCCCCC/C=C\CCCCCCCCCC. The molecule has 0 aliphatic carbocycles. The van der Waals surface area contributed by atoms with Crippen molar-refractivity contribution in [1.29, 1.82) is 0 Å². The molecule has 0 saturated heterocycles. The van der Waals surface area contributed by atoms with Gasteiger partial charge in [-0.3, -0.25) is 14.4 Å². The van der Waals surface area contributed by atoms with Gasteiger partial charge in [0.1, 0.15) is 13.2 Å². The number of carbonyl (C=O) groups excluding carboxylic acids is 3. The molecule has 0 saturated carbocycles. The summed E-state index contributed by atoms with van der Waals surface area (Å²) in [6, 6.07) is 0. The van der Waals surface area contributed by atoms with E-state index in [-0.39, 0.29) is 31.1 Å². The summed E-state index contributed by atoms with van der Waals surface area (Å²) in [4.78, 5) is 38.3. The number of ether oxygens (including phenoxy) is 3. The van der Waals surface area contributed by atoms with Crippen LogP contribution in [-0.2, 0) is 28.6 Å². The monoisotopic (exact) mass is 1070 g/mol. The third kappa shape index (κ3) is 62.5. The summed E-state index contributed by atoms with van der Waals surface area (Å²) in [5.74, 6) is -0.847. The van der Waals surface area contributed by atoms with E-state index in [1.165, 1.54) is 270 Å². The van der Waals surface area contributed by atoms with Gasteiger partial charge in [0.05, 0.1) is 0 Å². The first-order chi connectivity index (χ1) is 37.5. The highest BCUT2D eigenvalue weighted by molar-refractivity contribution is 5.71. The lowest BCUT2D eigenvalue weighted by atomic mass is 10.0. The number of hydrogen-bond acceptors (Lipinski definition) is 6. The second kappa shape index (κ2) is 65.2. The number of allylic oxidation sites excluding steroid dienone is 6. The molecule has 0 heterocycles. The lowest BCUT2D eigenvalue weighted by molar-refractivity contribution is -0.167. The van der Waals surface area contributed by atoms with E-state index in [2.05, 4.69) is 57.2 Å². The Labute approximate surface area is 474 Å². The van der Waals surface area contributed by atoms with E-state index in [4.69, 9.17) is 14.2 Å². The summed E-state index contributed by atoms with van der Waals surface area (Å²) in [5, 5.41) is 0. The number of rotatable bonds is 63. The van der Waals surface area contributed by atoms with E-state index in [9.17, 15) is 14.4 Å². The van der Waals surface area contributed by atoms with Crippen LogP contribution in [0.5, 0.6) is 0 Å². The molecule has 0 spiro atoms. The van der Waals surface area contributed by atoms with E-state index in [1.54, 1.807) is 0 Å². The normalized spacial score (nSPS) is 12.2. The molecule has 1 atom stereocenters. The van der Waals surface area contributed by atoms with Gasteiger partial charge in [0.25, 0.3) is 0 Å². The summed E-state index contributed by atoms with van der Waals surface area (Å²) in [5.41, 5.74) is 0. The summed E-state index contributed by atoms with van der Waals surface area (Å²) in [6.45, 7) is 6.68. The first kappa shape index (κ1) is 73.6. The van der Waals surface area contributed by atoms with Crippen LogP contribution in [0.15, 0.2) is 36.5 Å². The van der Waals surface area contributed by atoms with E-state index in [0.717, 1.165) is 64.2 Å². The lowest BCUT2D eigenvalue weighted by Gasteiger charge is -2.18. The molecule has 0 aromatic heterocycles. The van der Waals surface area contributed by atoms with Crippen molar-refractivity contribution in [1.82, 2.24) is 0 Å². The van der Waals surface area contributed by atoms with Gasteiger partial charge in [0.2, 0.25) is 0 Å². The molecule has 0 aliphatic heterocycles. The van der Waals surface area contributed by atoms with Crippen LogP contribution >= 0.6 is 0 Å². The Hall–Kier alpha value is -2.37. The number of carbonyl (C=O) groups is 3. The maximum absolute atomic E-state index is 12.9. The van der Waals surface area contributed by atoms with Crippen molar-refractivity contribution in [3.8, 4) is 0 Å². The quantitative estimate of drug-likeness (QED) is 0.0261. The molecule has 1 unspecified atom stereocenters. The van der Waals surface area contributed by atoms with Gasteiger partial charge in [-0.15, -0.1) is 0 Å². The fraction of sp³-hybridized carbons (Fsp3) is 0.871. The highest BCUT2D eigenvalue weighted by Gasteiger charge is 2.19. The molecule has 446 valence electrons. The highest BCUT2D eigenvalue weighted by Crippen LogP contribution is 2.18. The second-order valence-electron chi connectivity index (χ2n) is 23.1. The van der Waals surface area contributed by atoms with Crippen molar-refractivity contribution in [3.63, 3.8) is 0 Å². The van der Waals surface area contributed by atoms with Gasteiger partial charge in [0, 0.05) is 19.3 Å². The molecule has 0 bridgehead atoms. The van der Waals surface area contributed by atoms with E-state index in [1.807, 2.05) is 0 Å². The zero-order valence-corrected chi connectivity index (χ0v) is 51.3. The van der Waals surface area contributed by atoms with Gasteiger partial charge in [-0.2, -0.15) is 0 Å². The number of esters is 3. The van der Waals surface area contributed by atoms with Crippen molar-refractivity contribution < 1.29 is 28.6 Å². The molecule has 0 aromatic carbocycles. The zero-order chi connectivity index (χ0) is 55.0. The van der Waals surface area contributed by atoms with Gasteiger partial charge < -0.3 is 14.2 Å². The Balaban J connectivity index is 4.16. The topological polar surface area (TPSA) is 78.9 Å². The van der Waals surface area contributed by atoms with Crippen LogP contribution < -0.4 is 0 Å². The maximum Gasteiger partial charge on any atom is 0.306 e. The van der Waals surface area contributed by atoms with Crippen LogP contribution in [0.2, 0.25) is 0 Å². The molecule has 76 heavy (non-hydrogen) atoms. The third-order valence-corrected chi connectivity index (χ3v) is 15.4. The Morgan fingerprint density at radius 3 is 0.737 bits per heavy atom. The minimum Gasteiger partial charge on any atom is -0.462 e. The van der Waals surface area contributed by atoms with Gasteiger partial charge in [-0.05, 0) is 77.0 Å².